The first-order valence-electron chi connectivity index (χ1n) is 7.64. The fourth-order valence-corrected chi connectivity index (χ4v) is 2.95. The third kappa shape index (κ3) is 3.41. The summed E-state index contributed by atoms with van der Waals surface area (Å²) in [5, 5.41) is 3.34. The second-order valence-corrected chi connectivity index (χ2v) is 6.02. The van der Waals surface area contributed by atoms with Gasteiger partial charge >= 0.3 is 0 Å². The van der Waals surface area contributed by atoms with Gasteiger partial charge in [-0.1, -0.05) is 29.8 Å². The maximum absolute atomic E-state index is 13.0. The van der Waals surface area contributed by atoms with E-state index in [1.165, 1.54) is 29.2 Å². The largest absolute Gasteiger partial charge is 0.351 e. The van der Waals surface area contributed by atoms with E-state index in [-0.39, 0.29) is 24.2 Å². The first kappa shape index (κ1) is 16.5. The summed E-state index contributed by atoms with van der Waals surface area (Å²) in [4.78, 5) is 26.3. The second-order valence-electron chi connectivity index (χ2n) is 5.62. The van der Waals surface area contributed by atoms with Gasteiger partial charge in [0.25, 0.3) is 0 Å². The number of benzene rings is 2. The van der Waals surface area contributed by atoms with E-state index >= 15 is 0 Å². The van der Waals surface area contributed by atoms with Crippen LogP contribution in [0.2, 0.25) is 5.02 Å². The zero-order valence-electron chi connectivity index (χ0n) is 12.8. The van der Waals surface area contributed by atoms with Crippen LogP contribution in [0.3, 0.4) is 0 Å². The molecule has 0 aliphatic carbocycles. The van der Waals surface area contributed by atoms with Crippen molar-refractivity contribution in [2.24, 2.45) is 5.92 Å². The van der Waals surface area contributed by atoms with Crippen molar-refractivity contribution in [2.75, 3.05) is 11.4 Å². The highest BCUT2D eigenvalue weighted by atomic mass is 35.5. The van der Waals surface area contributed by atoms with Gasteiger partial charge in [0, 0.05) is 23.8 Å². The van der Waals surface area contributed by atoms with Crippen LogP contribution in [0.5, 0.6) is 0 Å². The summed E-state index contributed by atoms with van der Waals surface area (Å²) in [7, 11) is 0. The van der Waals surface area contributed by atoms with Crippen LogP contribution < -0.4 is 10.2 Å². The second kappa shape index (κ2) is 7.01. The normalized spacial score (nSPS) is 17.2. The molecule has 1 unspecified atom stereocenters. The highest BCUT2D eigenvalue weighted by molar-refractivity contribution is 6.31. The third-order valence-electron chi connectivity index (χ3n) is 4.07. The lowest BCUT2D eigenvalue weighted by Crippen LogP contribution is -2.36. The molecule has 2 aromatic carbocycles. The van der Waals surface area contributed by atoms with Crippen LogP contribution in [-0.4, -0.2) is 18.4 Å². The molecular formula is C18H16ClFN2O2. The summed E-state index contributed by atoms with van der Waals surface area (Å²) in [5.74, 6) is -1.67. The number of hydrogen-bond acceptors (Lipinski definition) is 2. The van der Waals surface area contributed by atoms with E-state index in [9.17, 15) is 14.0 Å². The number of rotatable bonds is 4. The van der Waals surface area contributed by atoms with Crippen molar-refractivity contribution >= 4 is 29.1 Å². The maximum Gasteiger partial charge on any atom is 0.239 e. The van der Waals surface area contributed by atoms with Crippen LogP contribution in [0.4, 0.5) is 10.1 Å². The topological polar surface area (TPSA) is 49.4 Å². The molecule has 1 saturated heterocycles. The van der Waals surface area contributed by atoms with E-state index in [1.807, 2.05) is 18.2 Å². The quantitative estimate of drug-likeness (QED) is 0.865. The zero-order valence-corrected chi connectivity index (χ0v) is 13.6. The van der Waals surface area contributed by atoms with Gasteiger partial charge in [0.1, 0.15) is 11.7 Å². The first-order chi connectivity index (χ1) is 11.6. The third-order valence-corrected chi connectivity index (χ3v) is 4.44. The van der Waals surface area contributed by atoms with Gasteiger partial charge in [0.05, 0.1) is 0 Å². The lowest BCUT2D eigenvalue weighted by Gasteiger charge is -2.16. The number of nitrogens with one attached hydrogen (secondary N) is 1. The molecule has 1 aliphatic heterocycles. The predicted molar refractivity (Wildman–Crippen MR) is 90.2 cm³/mol. The molecule has 2 amide bonds. The Kier molecular flexibility index (Phi) is 4.81. The highest BCUT2D eigenvalue weighted by Gasteiger charge is 2.37. The minimum atomic E-state index is -0.724. The van der Waals surface area contributed by atoms with E-state index in [4.69, 9.17) is 11.6 Å². The molecule has 1 N–H and O–H groups in total. The monoisotopic (exact) mass is 346 g/mol. The lowest BCUT2D eigenvalue weighted by molar-refractivity contribution is -0.132. The van der Waals surface area contributed by atoms with Crippen molar-refractivity contribution in [3.05, 3.63) is 64.9 Å². The van der Waals surface area contributed by atoms with Gasteiger partial charge in [-0.3, -0.25) is 9.59 Å². The van der Waals surface area contributed by atoms with Crippen molar-refractivity contribution in [1.82, 2.24) is 5.32 Å². The van der Waals surface area contributed by atoms with E-state index in [0.717, 1.165) is 5.56 Å². The van der Waals surface area contributed by atoms with E-state index in [2.05, 4.69) is 5.32 Å². The molecule has 0 radical (unpaired) electrons. The van der Waals surface area contributed by atoms with Gasteiger partial charge in [-0.2, -0.15) is 0 Å². The lowest BCUT2D eigenvalue weighted by atomic mass is 10.1. The van der Waals surface area contributed by atoms with E-state index in [1.54, 1.807) is 6.07 Å². The SMILES string of the molecule is O=C(NCc1ccccc1Cl)C1CCN(c2ccc(F)cc2)C1=O. The summed E-state index contributed by atoms with van der Waals surface area (Å²) in [5.41, 5.74) is 1.40. The van der Waals surface area contributed by atoms with Gasteiger partial charge in [-0.15, -0.1) is 0 Å². The van der Waals surface area contributed by atoms with Gasteiger partial charge in [0.15, 0.2) is 0 Å². The summed E-state index contributed by atoms with van der Waals surface area (Å²) >= 11 is 6.05. The fraction of sp³-hybridized carbons (Fsp3) is 0.222. The highest BCUT2D eigenvalue weighted by Crippen LogP contribution is 2.25. The molecule has 6 heteroatoms. The Hall–Kier alpha value is -2.40. The molecule has 0 saturated carbocycles. The van der Waals surface area contributed by atoms with Gasteiger partial charge in [0.2, 0.25) is 11.8 Å². The van der Waals surface area contributed by atoms with Crippen LogP contribution in [0.1, 0.15) is 12.0 Å². The van der Waals surface area contributed by atoms with E-state index < -0.39 is 5.92 Å². The van der Waals surface area contributed by atoms with Crippen LogP contribution in [-0.2, 0) is 16.1 Å². The van der Waals surface area contributed by atoms with Gasteiger partial charge in [-0.25, -0.2) is 4.39 Å². The average molecular weight is 347 g/mol. The minimum Gasteiger partial charge on any atom is -0.351 e. The van der Waals surface area contributed by atoms with Crippen molar-refractivity contribution in [3.8, 4) is 0 Å². The molecule has 0 spiro atoms. The van der Waals surface area contributed by atoms with Crippen molar-refractivity contribution in [1.29, 1.82) is 0 Å². The van der Waals surface area contributed by atoms with Crippen LogP contribution in [0, 0.1) is 11.7 Å². The molecule has 4 nitrogen and oxygen atoms in total. The molecule has 1 atom stereocenters. The molecule has 3 rings (SSSR count). The molecule has 1 heterocycles. The fourth-order valence-electron chi connectivity index (χ4n) is 2.75. The molecule has 1 fully saturated rings. The Bertz CT molecular complexity index is 764. The number of anilines is 1. The summed E-state index contributed by atoms with van der Waals surface area (Å²) in [6, 6.07) is 12.9. The Balaban J connectivity index is 1.63. The molecule has 1 aliphatic rings. The smallest absolute Gasteiger partial charge is 0.239 e. The minimum absolute atomic E-state index is 0.265. The molecule has 24 heavy (non-hydrogen) atoms. The molecule has 2 aromatic rings. The molecule has 124 valence electrons. The van der Waals surface area contributed by atoms with Gasteiger partial charge < -0.3 is 10.2 Å². The van der Waals surface area contributed by atoms with Crippen LogP contribution in [0.15, 0.2) is 48.5 Å². The standard InChI is InChI=1S/C18H16ClFN2O2/c19-16-4-2-1-3-12(16)11-21-17(23)15-9-10-22(18(15)24)14-7-5-13(20)6-8-14/h1-8,15H,9-11H2,(H,21,23). The Morgan fingerprint density at radius 1 is 1.21 bits per heavy atom. The average Bonchev–Trinajstić information content (AvgIpc) is 2.96. The number of nitrogens with zero attached hydrogens (tertiary/aromatic N) is 1. The molecule has 0 aromatic heterocycles. The number of carbonyl (C=O) groups is 2. The van der Waals surface area contributed by atoms with E-state index in [0.29, 0.717) is 23.7 Å². The zero-order chi connectivity index (χ0) is 17.1. The number of carbonyl (C=O) groups excluding carboxylic acids is 2. The Morgan fingerprint density at radius 2 is 1.92 bits per heavy atom. The first-order valence-corrected chi connectivity index (χ1v) is 8.02. The van der Waals surface area contributed by atoms with Crippen LogP contribution in [0.25, 0.3) is 0 Å². The summed E-state index contributed by atoms with van der Waals surface area (Å²) < 4.78 is 13.0. The predicted octanol–water partition coefficient (Wildman–Crippen LogP) is 3.15. The summed E-state index contributed by atoms with van der Waals surface area (Å²) in [6.45, 7) is 0.716. The number of hydrogen-bond donors (Lipinski definition) is 1. The Labute approximate surface area is 144 Å². The maximum atomic E-state index is 13.0. The van der Waals surface area contributed by atoms with Crippen molar-refractivity contribution in [3.63, 3.8) is 0 Å². The Morgan fingerprint density at radius 3 is 2.62 bits per heavy atom. The van der Waals surface area contributed by atoms with Crippen molar-refractivity contribution < 1.29 is 14.0 Å². The van der Waals surface area contributed by atoms with Crippen LogP contribution >= 0.6 is 11.6 Å². The molecule has 0 bridgehead atoms. The molecular weight excluding hydrogens is 331 g/mol. The van der Waals surface area contributed by atoms with Crippen molar-refractivity contribution in [2.45, 2.75) is 13.0 Å². The number of amides is 2. The van der Waals surface area contributed by atoms with Gasteiger partial charge in [-0.05, 0) is 42.3 Å². The number of halogens is 2. The summed E-state index contributed by atoms with van der Waals surface area (Å²) in [6.07, 6.45) is 0.435.